The van der Waals surface area contributed by atoms with Gasteiger partial charge in [0, 0.05) is 47.4 Å². The number of amides is 1. The average molecular weight is 474 g/mol. The first-order valence-corrected chi connectivity index (χ1v) is 11.5. The Balaban J connectivity index is 1.34. The highest BCUT2D eigenvalue weighted by molar-refractivity contribution is 6.33. The molecule has 3 aromatic heterocycles. The van der Waals surface area contributed by atoms with Crippen molar-refractivity contribution in [3.8, 4) is 11.3 Å². The quantitative estimate of drug-likeness (QED) is 0.379. The van der Waals surface area contributed by atoms with E-state index in [0.717, 1.165) is 35.5 Å². The number of furan rings is 1. The van der Waals surface area contributed by atoms with Gasteiger partial charge in [-0.15, -0.1) is 0 Å². The summed E-state index contributed by atoms with van der Waals surface area (Å²) in [6, 6.07) is 13.4. The van der Waals surface area contributed by atoms with E-state index in [4.69, 9.17) is 21.0 Å². The monoisotopic (exact) mass is 473 g/mol. The molecule has 0 atom stereocenters. The summed E-state index contributed by atoms with van der Waals surface area (Å²) in [6.45, 7) is 5.22. The van der Waals surface area contributed by atoms with Crippen molar-refractivity contribution < 1.29 is 9.21 Å². The maximum absolute atomic E-state index is 12.5. The van der Waals surface area contributed by atoms with Crippen LogP contribution in [0, 0.1) is 0 Å². The Labute approximate surface area is 202 Å². The maximum Gasteiger partial charge on any atom is 0.246 e. The summed E-state index contributed by atoms with van der Waals surface area (Å²) in [5.41, 5.74) is 3.18. The van der Waals surface area contributed by atoms with Crippen LogP contribution in [-0.4, -0.2) is 44.5 Å². The Morgan fingerprint density at radius 2 is 2.03 bits per heavy atom. The van der Waals surface area contributed by atoms with E-state index < -0.39 is 0 Å². The fourth-order valence-electron chi connectivity index (χ4n) is 4.13. The molecule has 1 fully saturated rings. The molecule has 7 nitrogen and oxygen atoms in total. The third kappa shape index (κ3) is 4.47. The van der Waals surface area contributed by atoms with E-state index in [1.165, 1.54) is 0 Å². The number of piperidine rings is 1. The second-order valence-electron chi connectivity index (χ2n) is 8.14. The zero-order chi connectivity index (χ0) is 23.5. The Morgan fingerprint density at radius 3 is 2.76 bits per heavy atom. The van der Waals surface area contributed by atoms with Crippen molar-refractivity contribution in [2.45, 2.75) is 18.9 Å². The Hall–Kier alpha value is -3.84. The molecule has 1 amide bonds. The van der Waals surface area contributed by atoms with Gasteiger partial charge in [-0.2, -0.15) is 9.61 Å². The minimum absolute atomic E-state index is 0.00939. The lowest BCUT2D eigenvalue weighted by Crippen LogP contribution is -2.42. The zero-order valence-electron chi connectivity index (χ0n) is 18.5. The van der Waals surface area contributed by atoms with Crippen LogP contribution in [0.5, 0.6) is 0 Å². The van der Waals surface area contributed by atoms with Crippen molar-refractivity contribution in [3.63, 3.8) is 0 Å². The van der Waals surface area contributed by atoms with Gasteiger partial charge in [0.15, 0.2) is 5.65 Å². The van der Waals surface area contributed by atoms with Gasteiger partial charge in [-0.25, -0.2) is 4.98 Å². The molecule has 8 heteroatoms. The number of halogens is 1. The summed E-state index contributed by atoms with van der Waals surface area (Å²) in [7, 11) is 0. The molecule has 0 spiro atoms. The van der Waals surface area contributed by atoms with E-state index in [1.807, 2.05) is 41.3 Å². The normalized spacial score (nSPS) is 14.7. The number of carbonyl (C=O) groups excluding carboxylic acids is 1. The van der Waals surface area contributed by atoms with Gasteiger partial charge in [0.05, 0.1) is 18.2 Å². The third-order valence-corrected chi connectivity index (χ3v) is 6.29. The van der Waals surface area contributed by atoms with Gasteiger partial charge in [-0.3, -0.25) is 4.79 Å². The van der Waals surface area contributed by atoms with Crippen LogP contribution in [0.1, 0.15) is 24.2 Å². The number of carbonyl (C=O) groups is 1. The van der Waals surface area contributed by atoms with Gasteiger partial charge in [-0.05, 0) is 37.1 Å². The summed E-state index contributed by atoms with van der Waals surface area (Å²) in [5, 5.41) is 8.76. The van der Waals surface area contributed by atoms with Crippen LogP contribution in [-0.2, 0) is 4.79 Å². The van der Waals surface area contributed by atoms with Crippen LogP contribution < -0.4 is 5.32 Å². The van der Waals surface area contributed by atoms with Crippen molar-refractivity contribution in [2.24, 2.45) is 0 Å². The summed E-state index contributed by atoms with van der Waals surface area (Å²) in [4.78, 5) is 19.2. The van der Waals surface area contributed by atoms with E-state index in [1.54, 1.807) is 41.3 Å². The molecule has 1 saturated heterocycles. The highest BCUT2D eigenvalue weighted by Gasteiger charge is 2.23. The summed E-state index contributed by atoms with van der Waals surface area (Å²) in [5.74, 6) is 1.49. The lowest BCUT2D eigenvalue weighted by molar-refractivity contribution is -0.126. The van der Waals surface area contributed by atoms with Crippen molar-refractivity contribution in [3.05, 3.63) is 83.9 Å². The second kappa shape index (κ2) is 9.57. The predicted octanol–water partition coefficient (Wildman–Crippen LogP) is 5.40. The fourth-order valence-corrected chi connectivity index (χ4v) is 4.36. The minimum atomic E-state index is -0.00939. The molecule has 0 radical (unpaired) electrons. The second-order valence-corrected chi connectivity index (χ2v) is 8.55. The minimum Gasteiger partial charge on any atom is -0.465 e. The lowest BCUT2D eigenvalue weighted by atomic mass is 10.0. The SMILES string of the molecule is C=Cc1cnn2c(NC3CCN(C(=O)/C=C/c4ccco4)CC3)cc(-c3ccccc3Cl)nc12. The smallest absolute Gasteiger partial charge is 0.246 e. The number of benzene rings is 1. The van der Waals surface area contributed by atoms with Crippen LogP contribution >= 0.6 is 11.6 Å². The molecule has 0 saturated carbocycles. The van der Waals surface area contributed by atoms with Crippen molar-refractivity contribution in [1.29, 1.82) is 0 Å². The molecular formula is C26H24ClN5O2. The predicted molar refractivity (Wildman–Crippen MR) is 134 cm³/mol. The maximum atomic E-state index is 12.5. The van der Waals surface area contributed by atoms with Gasteiger partial charge in [-0.1, -0.05) is 42.5 Å². The lowest BCUT2D eigenvalue weighted by Gasteiger charge is -2.32. The number of likely N-dealkylation sites (tertiary alicyclic amines) is 1. The first kappa shape index (κ1) is 22.0. The van der Waals surface area contributed by atoms with Crippen molar-refractivity contribution >= 4 is 41.1 Å². The number of hydrogen-bond donors (Lipinski definition) is 1. The van der Waals surface area contributed by atoms with Crippen LogP contribution in [0.25, 0.3) is 29.1 Å². The molecule has 4 heterocycles. The molecule has 0 aliphatic carbocycles. The highest BCUT2D eigenvalue weighted by atomic mass is 35.5. The summed E-state index contributed by atoms with van der Waals surface area (Å²) in [6.07, 6.45) is 9.99. The van der Waals surface area contributed by atoms with E-state index in [-0.39, 0.29) is 11.9 Å². The number of aromatic nitrogens is 3. The molecular weight excluding hydrogens is 450 g/mol. The van der Waals surface area contributed by atoms with Gasteiger partial charge in [0.2, 0.25) is 5.91 Å². The van der Waals surface area contributed by atoms with Crippen LogP contribution in [0.3, 0.4) is 0 Å². The molecule has 172 valence electrons. The van der Waals surface area contributed by atoms with Crippen molar-refractivity contribution in [2.75, 3.05) is 18.4 Å². The molecule has 5 rings (SSSR count). The molecule has 4 aromatic rings. The number of rotatable bonds is 6. The molecule has 1 aliphatic rings. The van der Waals surface area contributed by atoms with Crippen molar-refractivity contribution in [1.82, 2.24) is 19.5 Å². The molecule has 34 heavy (non-hydrogen) atoms. The number of hydrogen-bond acceptors (Lipinski definition) is 5. The standard InChI is InChI=1S/C26H24ClN5O2/c1-2-18-17-28-32-24(16-23(30-26(18)32)21-7-3-4-8-22(21)27)29-19-11-13-31(14-12-19)25(33)10-9-20-6-5-15-34-20/h2-10,15-17,19,29H,1,11-14H2/b10-9+. The Bertz CT molecular complexity index is 1350. The largest absolute Gasteiger partial charge is 0.465 e. The number of nitrogens with one attached hydrogen (secondary N) is 1. The molecule has 1 N–H and O–H groups in total. The first-order chi connectivity index (χ1) is 16.6. The zero-order valence-corrected chi connectivity index (χ0v) is 19.3. The van der Waals surface area contributed by atoms with Gasteiger partial charge in [0.25, 0.3) is 0 Å². The van der Waals surface area contributed by atoms with Gasteiger partial charge >= 0.3 is 0 Å². The summed E-state index contributed by atoms with van der Waals surface area (Å²) < 4.78 is 7.05. The molecule has 0 bridgehead atoms. The first-order valence-electron chi connectivity index (χ1n) is 11.2. The van der Waals surface area contributed by atoms with Crippen LogP contribution in [0.2, 0.25) is 5.02 Å². The molecule has 1 aliphatic heterocycles. The van der Waals surface area contributed by atoms with E-state index >= 15 is 0 Å². The highest BCUT2D eigenvalue weighted by Crippen LogP contribution is 2.30. The third-order valence-electron chi connectivity index (χ3n) is 5.96. The molecule has 1 aromatic carbocycles. The van der Waals surface area contributed by atoms with E-state index in [2.05, 4.69) is 17.0 Å². The fraction of sp³-hybridized carbons (Fsp3) is 0.192. The topological polar surface area (TPSA) is 75.7 Å². The van der Waals surface area contributed by atoms with E-state index in [9.17, 15) is 4.79 Å². The van der Waals surface area contributed by atoms with E-state index in [0.29, 0.717) is 29.5 Å². The Kier molecular flexibility index (Phi) is 6.18. The number of fused-ring (bicyclic) bond motifs is 1. The van der Waals surface area contributed by atoms with Crippen LogP contribution in [0.4, 0.5) is 5.82 Å². The van der Waals surface area contributed by atoms with Crippen LogP contribution in [0.15, 0.2) is 72.0 Å². The van der Waals surface area contributed by atoms with Gasteiger partial charge < -0.3 is 14.6 Å². The molecule has 0 unspecified atom stereocenters. The summed E-state index contributed by atoms with van der Waals surface area (Å²) >= 11 is 6.45. The average Bonchev–Trinajstić information content (AvgIpc) is 3.53. The number of nitrogens with zero attached hydrogens (tertiary/aromatic N) is 4. The number of anilines is 1. The van der Waals surface area contributed by atoms with Gasteiger partial charge in [0.1, 0.15) is 11.6 Å². The Morgan fingerprint density at radius 1 is 1.21 bits per heavy atom.